The third kappa shape index (κ3) is 5.20. The van der Waals surface area contributed by atoms with Crippen LogP contribution in [0, 0.1) is 0 Å². The van der Waals surface area contributed by atoms with Crippen LogP contribution >= 0.6 is 0 Å². The molecule has 1 fully saturated rings. The first-order valence-corrected chi connectivity index (χ1v) is 11.0. The lowest BCUT2D eigenvalue weighted by Crippen LogP contribution is -2.50. The Labute approximate surface area is 159 Å². The maximum atomic E-state index is 12.3. The molecular weight excluding hydrogens is 370 g/mol. The molecule has 2 amide bonds. The van der Waals surface area contributed by atoms with Crippen LogP contribution < -0.4 is 10.1 Å². The normalized spacial score (nSPS) is 18.0. The van der Waals surface area contributed by atoms with Crippen molar-refractivity contribution < 1.29 is 22.7 Å². The van der Waals surface area contributed by atoms with Gasteiger partial charge in [-0.1, -0.05) is 0 Å². The molecule has 1 aromatic carbocycles. The van der Waals surface area contributed by atoms with Gasteiger partial charge in [0.1, 0.15) is 5.75 Å². The van der Waals surface area contributed by atoms with E-state index >= 15 is 0 Å². The quantitative estimate of drug-likeness (QED) is 0.720. The molecule has 2 aliphatic heterocycles. The summed E-state index contributed by atoms with van der Waals surface area (Å²) in [5.74, 6) is 0.797. The Morgan fingerprint density at radius 2 is 1.93 bits per heavy atom. The van der Waals surface area contributed by atoms with Crippen LogP contribution in [0.3, 0.4) is 0 Å². The standard InChI is InChI=1S/C18H25N3O5S/c1-27(24,25)21-10-8-20(9-11-21)18(23)3-2-12-26-15-5-6-16-14(13-15)4-7-17(22)19-16/h5-6,13H,2-4,7-12H2,1H3,(H,19,22). The first kappa shape index (κ1) is 19.6. The Bertz CT molecular complexity index is 816. The predicted molar refractivity (Wildman–Crippen MR) is 101 cm³/mol. The van der Waals surface area contributed by atoms with Crippen molar-refractivity contribution in [3.8, 4) is 5.75 Å². The van der Waals surface area contributed by atoms with Crippen LogP contribution in [0.25, 0.3) is 0 Å². The number of nitrogens with zero attached hydrogens (tertiary/aromatic N) is 2. The van der Waals surface area contributed by atoms with Crippen molar-refractivity contribution in [3.05, 3.63) is 23.8 Å². The van der Waals surface area contributed by atoms with E-state index in [4.69, 9.17) is 4.74 Å². The third-order valence-corrected chi connectivity index (χ3v) is 6.14. The van der Waals surface area contributed by atoms with Gasteiger partial charge in [0, 0.05) is 44.7 Å². The minimum Gasteiger partial charge on any atom is -0.494 e. The molecule has 2 aliphatic rings. The minimum atomic E-state index is -3.18. The zero-order valence-corrected chi connectivity index (χ0v) is 16.3. The summed E-state index contributed by atoms with van der Waals surface area (Å²) < 4.78 is 30.1. The van der Waals surface area contributed by atoms with Gasteiger partial charge in [0.25, 0.3) is 0 Å². The number of ether oxygens (including phenoxy) is 1. The van der Waals surface area contributed by atoms with Gasteiger partial charge in [-0.05, 0) is 36.6 Å². The molecule has 0 aliphatic carbocycles. The summed E-state index contributed by atoms with van der Waals surface area (Å²) in [6.07, 6.45) is 3.35. The molecule has 0 aromatic heterocycles. The fourth-order valence-electron chi connectivity index (χ4n) is 3.29. The summed E-state index contributed by atoms with van der Waals surface area (Å²) in [6.45, 7) is 2.01. The number of amides is 2. The lowest BCUT2D eigenvalue weighted by atomic mass is 10.0. The number of nitrogens with one attached hydrogen (secondary N) is 1. The van der Waals surface area contributed by atoms with Gasteiger partial charge in [0.05, 0.1) is 12.9 Å². The first-order valence-electron chi connectivity index (χ1n) is 9.11. The van der Waals surface area contributed by atoms with Crippen LogP contribution in [0.5, 0.6) is 5.75 Å². The van der Waals surface area contributed by atoms with E-state index in [0.717, 1.165) is 17.0 Å². The number of fused-ring (bicyclic) bond motifs is 1. The Hall–Kier alpha value is -2.13. The van der Waals surface area contributed by atoms with Crippen LogP contribution in [-0.2, 0) is 26.0 Å². The van der Waals surface area contributed by atoms with Gasteiger partial charge in [-0.15, -0.1) is 0 Å². The Balaban J connectivity index is 1.39. The van der Waals surface area contributed by atoms with E-state index < -0.39 is 10.0 Å². The van der Waals surface area contributed by atoms with Crippen LogP contribution in [0.4, 0.5) is 5.69 Å². The number of benzene rings is 1. The van der Waals surface area contributed by atoms with Crippen LogP contribution in [0.2, 0.25) is 0 Å². The molecule has 2 heterocycles. The van der Waals surface area contributed by atoms with Crippen LogP contribution in [0.15, 0.2) is 18.2 Å². The predicted octanol–water partition coefficient (Wildman–Crippen LogP) is 0.834. The van der Waals surface area contributed by atoms with E-state index in [9.17, 15) is 18.0 Å². The summed E-state index contributed by atoms with van der Waals surface area (Å²) in [7, 11) is -3.18. The monoisotopic (exact) mass is 395 g/mol. The van der Waals surface area contributed by atoms with Crippen molar-refractivity contribution in [2.45, 2.75) is 25.7 Å². The van der Waals surface area contributed by atoms with E-state index in [1.807, 2.05) is 18.2 Å². The second kappa shape index (κ2) is 8.26. The average Bonchev–Trinajstić information content (AvgIpc) is 2.64. The number of anilines is 1. The summed E-state index contributed by atoms with van der Waals surface area (Å²) in [5.41, 5.74) is 1.90. The maximum Gasteiger partial charge on any atom is 0.224 e. The van der Waals surface area contributed by atoms with E-state index in [1.165, 1.54) is 10.6 Å². The summed E-state index contributed by atoms with van der Waals surface area (Å²) in [5, 5.41) is 2.83. The molecule has 3 rings (SSSR count). The molecule has 0 atom stereocenters. The molecule has 0 spiro atoms. The van der Waals surface area contributed by atoms with E-state index in [-0.39, 0.29) is 11.8 Å². The number of carbonyl (C=O) groups is 2. The van der Waals surface area contributed by atoms with Gasteiger partial charge in [-0.2, -0.15) is 4.31 Å². The Kier molecular flexibility index (Phi) is 6.01. The first-order chi connectivity index (χ1) is 12.8. The average molecular weight is 395 g/mol. The molecule has 0 radical (unpaired) electrons. The van der Waals surface area contributed by atoms with E-state index in [1.54, 1.807) is 4.90 Å². The van der Waals surface area contributed by atoms with Crippen molar-refractivity contribution in [3.63, 3.8) is 0 Å². The highest BCUT2D eigenvalue weighted by Gasteiger charge is 2.25. The van der Waals surface area contributed by atoms with Gasteiger partial charge >= 0.3 is 0 Å². The summed E-state index contributed by atoms with van der Waals surface area (Å²) >= 11 is 0. The molecule has 27 heavy (non-hydrogen) atoms. The molecule has 0 unspecified atom stereocenters. The molecular formula is C18H25N3O5S. The third-order valence-electron chi connectivity index (χ3n) is 4.84. The van der Waals surface area contributed by atoms with E-state index in [0.29, 0.717) is 58.5 Å². The zero-order valence-electron chi connectivity index (χ0n) is 15.4. The number of sulfonamides is 1. The highest BCUT2D eigenvalue weighted by Crippen LogP contribution is 2.26. The fourth-order valence-corrected chi connectivity index (χ4v) is 4.12. The largest absolute Gasteiger partial charge is 0.494 e. The van der Waals surface area contributed by atoms with Gasteiger partial charge in [-0.25, -0.2) is 8.42 Å². The molecule has 1 aromatic rings. The molecule has 148 valence electrons. The number of rotatable bonds is 6. The van der Waals surface area contributed by atoms with Crippen molar-refractivity contribution in [1.82, 2.24) is 9.21 Å². The lowest BCUT2D eigenvalue weighted by molar-refractivity contribution is -0.132. The van der Waals surface area contributed by atoms with Crippen molar-refractivity contribution in [2.24, 2.45) is 0 Å². The number of hydrogen-bond acceptors (Lipinski definition) is 5. The van der Waals surface area contributed by atoms with Gasteiger partial charge < -0.3 is 15.0 Å². The number of aryl methyl sites for hydroxylation is 1. The minimum absolute atomic E-state index is 0.0277. The second-order valence-corrected chi connectivity index (χ2v) is 8.84. The summed E-state index contributed by atoms with van der Waals surface area (Å²) in [4.78, 5) is 25.3. The number of hydrogen-bond donors (Lipinski definition) is 1. The maximum absolute atomic E-state index is 12.3. The molecule has 0 saturated carbocycles. The number of piperazine rings is 1. The van der Waals surface area contributed by atoms with Crippen molar-refractivity contribution in [2.75, 3.05) is 44.4 Å². The highest BCUT2D eigenvalue weighted by molar-refractivity contribution is 7.88. The number of carbonyl (C=O) groups excluding carboxylic acids is 2. The van der Waals surface area contributed by atoms with Gasteiger partial charge in [-0.3, -0.25) is 9.59 Å². The molecule has 1 saturated heterocycles. The van der Waals surface area contributed by atoms with Crippen LogP contribution in [0.1, 0.15) is 24.8 Å². The highest BCUT2D eigenvalue weighted by atomic mass is 32.2. The van der Waals surface area contributed by atoms with Crippen molar-refractivity contribution >= 4 is 27.5 Å². The lowest BCUT2D eigenvalue weighted by Gasteiger charge is -2.33. The molecule has 9 heteroatoms. The van der Waals surface area contributed by atoms with Gasteiger partial charge in [0.2, 0.25) is 21.8 Å². The molecule has 0 bridgehead atoms. The molecule has 8 nitrogen and oxygen atoms in total. The topological polar surface area (TPSA) is 96.0 Å². The van der Waals surface area contributed by atoms with Crippen LogP contribution in [-0.4, -0.2) is 68.5 Å². The summed E-state index contributed by atoms with van der Waals surface area (Å²) in [6, 6.07) is 5.59. The Morgan fingerprint density at radius 3 is 2.63 bits per heavy atom. The fraction of sp³-hybridized carbons (Fsp3) is 0.556. The SMILES string of the molecule is CS(=O)(=O)N1CCN(C(=O)CCCOc2ccc3c(c2)CCC(=O)N3)CC1. The smallest absolute Gasteiger partial charge is 0.224 e. The van der Waals surface area contributed by atoms with Gasteiger partial charge in [0.15, 0.2) is 0 Å². The molecule has 1 N–H and O–H groups in total. The van der Waals surface area contributed by atoms with E-state index in [2.05, 4.69) is 5.32 Å². The Morgan fingerprint density at radius 1 is 1.19 bits per heavy atom. The zero-order chi connectivity index (χ0) is 19.4. The van der Waals surface area contributed by atoms with Crippen molar-refractivity contribution in [1.29, 1.82) is 0 Å². The second-order valence-electron chi connectivity index (χ2n) is 6.86.